The van der Waals surface area contributed by atoms with Gasteiger partial charge in [0.25, 0.3) is 0 Å². The summed E-state index contributed by atoms with van der Waals surface area (Å²) in [5.41, 5.74) is 0. The zero-order chi connectivity index (χ0) is 7.33. The van der Waals surface area contributed by atoms with Crippen molar-refractivity contribution in [1.29, 1.82) is 0 Å². The van der Waals surface area contributed by atoms with Crippen LogP contribution in [-0.4, -0.2) is 5.03 Å². The van der Waals surface area contributed by atoms with Crippen LogP contribution in [0.25, 0.3) is 0 Å². The molecule has 9 heteroatoms. The highest BCUT2D eigenvalue weighted by molar-refractivity contribution is 3.37. The summed E-state index contributed by atoms with van der Waals surface area (Å²) in [4.78, 5) is 14.7. The van der Waals surface area contributed by atoms with E-state index < -0.39 is 5.03 Å². The second-order valence-electron chi connectivity index (χ2n) is 0.987. The second kappa shape index (κ2) is 3.62. The van der Waals surface area contributed by atoms with Gasteiger partial charge in [-0.05, 0) is 0 Å². The lowest BCUT2D eigenvalue weighted by molar-refractivity contribution is -1.33. The van der Waals surface area contributed by atoms with Crippen LogP contribution in [0.5, 0.6) is 0 Å². The van der Waals surface area contributed by atoms with Gasteiger partial charge in [-0.25, -0.2) is 0 Å². The maximum Gasteiger partial charge on any atom is 0.172 e. The summed E-state index contributed by atoms with van der Waals surface area (Å²) >= 11 is 0. The Morgan fingerprint density at radius 1 is 0.889 bits per heavy atom. The van der Waals surface area contributed by atoms with Crippen molar-refractivity contribution < 1.29 is 25.0 Å². The lowest BCUT2D eigenvalue weighted by atomic mass is 12.3. The van der Waals surface area contributed by atoms with Gasteiger partial charge in [-0.15, -0.1) is 0 Å². The highest BCUT2D eigenvalue weighted by Gasteiger charge is 2.25. The molecule has 0 unspecified atom stereocenters. The van der Waals surface area contributed by atoms with Crippen molar-refractivity contribution in [2.24, 2.45) is 23.5 Å². The van der Waals surface area contributed by atoms with Gasteiger partial charge in [0, 0.05) is 0 Å². The van der Waals surface area contributed by atoms with Crippen molar-refractivity contribution in [1.82, 2.24) is 0 Å². The maximum atomic E-state index is 4.80. The highest BCUT2D eigenvalue weighted by atomic mass is 17.5. The minimum Gasteiger partial charge on any atom is -0.177 e. The largest absolute Gasteiger partial charge is 0.177 e. The smallest absolute Gasteiger partial charge is 0.172 e. The fourth-order valence-corrected chi connectivity index (χ4v) is 0.147. The molecule has 0 atom stereocenters. The normalized spacial score (nSPS) is 12.0. The van der Waals surface area contributed by atoms with Gasteiger partial charge in [-0.3, -0.25) is 0 Å². The number of quaternary nitrogens is 1. The van der Waals surface area contributed by atoms with Gasteiger partial charge in [0.1, 0.15) is 0 Å². The molecule has 0 aromatic rings. The molecule has 0 aliphatic rings. The zero-order valence-electron chi connectivity index (χ0n) is 4.39. The first-order valence-electron chi connectivity index (χ1n) is 1.69. The van der Waals surface area contributed by atoms with Gasteiger partial charge >= 0.3 is 0 Å². The average Bonchev–Trinajstić information content (AvgIpc) is 1.64. The van der Waals surface area contributed by atoms with E-state index in [1.165, 1.54) is 0 Å². The predicted octanol–water partition coefficient (Wildman–Crippen LogP) is -2.98. The summed E-state index contributed by atoms with van der Waals surface area (Å²) in [5.74, 6) is 18.3. The first-order valence-corrected chi connectivity index (χ1v) is 1.69. The fourth-order valence-electron chi connectivity index (χ4n) is 0.147. The number of hydrogen-bond acceptors (Lipinski definition) is 8. The Hall–Kier alpha value is -0.360. The topological polar surface area (TPSA) is 141 Å². The van der Waals surface area contributed by atoms with Crippen LogP contribution in [-0.2, 0) is 20.0 Å². The number of nitrogens with zero attached hydrogens (tertiary/aromatic N) is 1. The van der Waals surface area contributed by atoms with Crippen molar-refractivity contribution in [3.63, 3.8) is 0 Å². The van der Waals surface area contributed by atoms with Gasteiger partial charge in [0.2, 0.25) is 0 Å². The molecule has 0 fully saturated rings. The molecule has 0 aliphatic heterocycles. The van der Waals surface area contributed by atoms with Crippen molar-refractivity contribution in [2.45, 2.75) is 0 Å². The predicted molar refractivity (Wildman–Crippen MR) is 21.4 cm³/mol. The SMILES string of the molecule is NOO[N+](N)(N)OON. The quantitative estimate of drug-likeness (QED) is 0.141. The molecule has 0 radical (unpaired) electrons. The van der Waals surface area contributed by atoms with Crippen LogP contribution >= 0.6 is 0 Å². The van der Waals surface area contributed by atoms with Gasteiger partial charge in [0.05, 0.1) is 9.98 Å². The molecule has 0 aromatic carbocycles. The van der Waals surface area contributed by atoms with E-state index in [-0.39, 0.29) is 0 Å². The Morgan fingerprint density at radius 2 is 1.22 bits per heavy atom. The Labute approximate surface area is 49.8 Å². The van der Waals surface area contributed by atoms with Crippen LogP contribution in [0.15, 0.2) is 0 Å². The van der Waals surface area contributed by atoms with Crippen LogP contribution in [0.3, 0.4) is 0 Å². The number of nitrogens with two attached hydrogens (primary N) is 4. The van der Waals surface area contributed by atoms with E-state index in [1.54, 1.807) is 0 Å². The molecule has 0 aromatic heterocycles. The third-order valence-electron chi connectivity index (χ3n) is 0.319. The Kier molecular flexibility index (Phi) is 3.48. The lowest BCUT2D eigenvalue weighted by Gasteiger charge is -2.12. The molecule has 0 saturated carbocycles. The first-order chi connectivity index (χ1) is 4.12. The summed E-state index contributed by atoms with van der Waals surface area (Å²) < 4.78 is 0. The Morgan fingerprint density at radius 3 is 1.44 bits per heavy atom. The monoisotopic (exact) mass is 142 g/mol. The van der Waals surface area contributed by atoms with E-state index >= 15 is 0 Å². The van der Waals surface area contributed by atoms with Crippen molar-refractivity contribution >= 4 is 0 Å². The molecular weight excluding hydrogens is 134 g/mol. The van der Waals surface area contributed by atoms with Crippen molar-refractivity contribution in [3.05, 3.63) is 0 Å². The molecule has 8 N–H and O–H groups in total. The van der Waals surface area contributed by atoms with E-state index in [4.69, 9.17) is 11.7 Å². The number of hydrogen-bond donors (Lipinski definition) is 4. The first kappa shape index (κ1) is 8.64. The molecule has 0 saturated heterocycles. The molecule has 0 aliphatic carbocycles. The van der Waals surface area contributed by atoms with Gasteiger partial charge < -0.3 is 0 Å². The highest BCUT2D eigenvalue weighted by Crippen LogP contribution is 1.88. The minimum absolute atomic E-state index is 1.51. The molecule has 0 spiro atoms. The summed E-state index contributed by atoms with van der Waals surface area (Å²) in [7, 11) is 0. The molecule has 56 valence electrons. The van der Waals surface area contributed by atoms with E-state index in [2.05, 4.69) is 31.7 Å². The molecule has 0 rings (SSSR count). The van der Waals surface area contributed by atoms with E-state index in [0.717, 1.165) is 0 Å². The van der Waals surface area contributed by atoms with Crippen LogP contribution < -0.4 is 23.5 Å². The van der Waals surface area contributed by atoms with E-state index in [0.29, 0.717) is 0 Å². The van der Waals surface area contributed by atoms with Crippen molar-refractivity contribution in [3.8, 4) is 0 Å². The minimum atomic E-state index is -1.51. The number of rotatable bonds is 4. The maximum absolute atomic E-state index is 4.80. The van der Waals surface area contributed by atoms with Gasteiger partial charge in [-0.1, -0.05) is 21.7 Å². The summed E-state index contributed by atoms with van der Waals surface area (Å²) in [5, 5.41) is -1.51. The van der Waals surface area contributed by atoms with E-state index in [1.807, 2.05) is 0 Å². The summed E-state index contributed by atoms with van der Waals surface area (Å²) in [6.07, 6.45) is 0. The summed E-state index contributed by atoms with van der Waals surface area (Å²) in [6, 6.07) is 0. The molecule has 9 nitrogen and oxygen atoms in total. The van der Waals surface area contributed by atoms with Crippen molar-refractivity contribution in [2.75, 3.05) is 0 Å². The molecule has 0 bridgehead atoms. The van der Waals surface area contributed by atoms with E-state index in [9.17, 15) is 0 Å². The lowest BCUT2D eigenvalue weighted by Crippen LogP contribution is -2.60. The average molecular weight is 142 g/mol. The van der Waals surface area contributed by atoms with Crippen LogP contribution in [0, 0.1) is 0 Å². The fraction of sp³-hybridized carbons (Fsp3) is 0. The van der Waals surface area contributed by atoms with Gasteiger partial charge in [-0.2, -0.15) is 11.8 Å². The van der Waals surface area contributed by atoms with Crippen LogP contribution in [0.1, 0.15) is 0 Å². The standard InChI is InChI=1S/H8N5O4/c1-5(2,8-6-3)9-7-4/h1-4H2/q+1. The van der Waals surface area contributed by atoms with Crippen LogP contribution in [0.4, 0.5) is 0 Å². The zero-order valence-corrected chi connectivity index (χ0v) is 4.39. The van der Waals surface area contributed by atoms with Crippen LogP contribution in [0.2, 0.25) is 0 Å². The third-order valence-corrected chi connectivity index (χ3v) is 0.319. The Bertz CT molecular complexity index is 63.4. The summed E-state index contributed by atoms with van der Waals surface area (Å²) in [6.45, 7) is 0. The molecule has 9 heavy (non-hydrogen) atoms. The van der Waals surface area contributed by atoms with Gasteiger partial charge in [0.15, 0.2) is 5.03 Å². The molecular formula is H8N5O4+. The Balaban J connectivity index is 3.43. The third kappa shape index (κ3) is 4.16. The second-order valence-corrected chi connectivity index (χ2v) is 0.987. The molecule has 0 heterocycles. The molecule has 0 amide bonds.